The first-order chi connectivity index (χ1) is 8.93. The van der Waals surface area contributed by atoms with E-state index < -0.39 is 12.1 Å². The van der Waals surface area contributed by atoms with Gasteiger partial charge >= 0.3 is 0 Å². The largest absolute Gasteiger partial charge is 0.398 e. The van der Waals surface area contributed by atoms with Crippen LogP contribution in [0.15, 0.2) is 19.2 Å². The number of nitrogen functional groups attached to an aromatic ring is 1. The van der Waals surface area contributed by atoms with Crippen molar-refractivity contribution >= 4 is 16.8 Å². The number of nitrogens with two attached hydrogens (primary N) is 1. The number of hydrogen-bond acceptors (Lipinski definition) is 3. The lowest BCUT2D eigenvalue weighted by molar-refractivity contribution is -0.0466. The van der Waals surface area contributed by atoms with Crippen molar-refractivity contribution in [3.05, 3.63) is 41.7 Å². The van der Waals surface area contributed by atoms with E-state index in [-0.39, 0.29) is 0 Å². The summed E-state index contributed by atoms with van der Waals surface area (Å²) in [6.45, 7) is 12.2. The standard InChI is InChI=1S/C15H18FNO2/c1-8(2)10-7-11(16)13(15-18-5-6-19-15)12(9(3)4)14(10)17/h7,15H,1,3,5-6,17H2,2,4H3. The Morgan fingerprint density at radius 3 is 2.32 bits per heavy atom. The SMILES string of the molecule is C=C(C)c1cc(F)c(C2OCCO2)c(C(=C)C)c1N. The first-order valence-electron chi connectivity index (χ1n) is 6.10. The molecule has 0 radical (unpaired) electrons. The number of anilines is 1. The normalized spacial score (nSPS) is 15.7. The molecule has 0 atom stereocenters. The Hall–Kier alpha value is -1.65. The highest BCUT2D eigenvalue weighted by Crippen LogP contribution is 2.38. The molecule has 0 unspecified atom stereocenters. The quantitative estimate of drug-likeness (QED) is 0.849. The van der Waals surface area contributed by atoms with Gasteiger partial charge in [0.25, 0.3) is 0 Å². The van der Waals surface area contributed by atoms with E-state index in [1.165, 1.54) is 6.07 Å². The number of ether oxygens (including phenoxy) is 2. The van der Waals surface area contributed by atoms with Crippen LogP contribution in [0.5, 0.6) is 0 Å². The maximum Gasteiger partial charge on any atom is 0.187 e. The third-order valence-electron chi connectivity index (χ3n) is 3.10. The van der Waals surface area contributed by atoms with E-state index in [9.17, 15) is 4.39 Å². The Morgan fingerprint density at radius 2 is 1.84 bits per heavy atom. The van der Waals surface area contributed by atoms with Crippen molar-refractivity contribution in [1.29, 1.82) is 0 Å². The number of rotatable bonds is 3. The van der Waals surface area contributed by atoms with E-state index >= 15 is 0 Å². The van der Waals surface area contributed by atoms with Crippen LogP contribution in [0.3, 0.4) is 0 Å². The highest BCUT2D eigenvalue weighted by Gasteiger charge is 2.28. The minimum atomic E-state index is -0.715. The number of benzene rings is 1. The molecule has 2 rings (SSSR count). The Labute approximate surface area is 112 Å². The van der Waals surface area contributed by atoms with E-state index in [0.717, 1.165) is 0 Å². The molecule has 0 spiro atoms. The van der Waals surface area contributed by atoms with Crippen LogP contribution in [-0.2, 0) is 9.47 Å². The third kappa shape index (κ3) is 2.41. The molecule has 0 bridgehead atoms. The van der Waals surface area contributed by atoms with Gasteiger partial charge in [-0.1, -0.05) is 13.2 Å². The van der Waals surface area contributed by atoms with E-state index in [2.05, 4.69) is 13.2 Å². The molecular weight excluding hydrogens is 245 g/mol. The summed E-state index contributed by atoms with van der Waals surface area (Å²) in [6, 6.07) is 1.38. The predicted molar refractivity (Wildman–Crippen MR) is 74.9 cm³/mol. The van der Waals surface area contributed by atoms with Crippen molar-refractivity contribution in [2.45, 2.75) is 20.1 Å². The molecule has 1 heterocycles. The van der Waals surface area contributed by atoms with E-state index in [4.69, 9.17) is 15.2 Å². The summed E-state index contributed by atoms with van der Waals surface area (Å²) >= 11 is 0. The average Bonchev–Trinajstić information content (AvgIpc) is 2.83. The molecule has 0 aliphatic carbocycles. The summed E-state index contributed by atoms with van der Waals surface area (Å²) in [6.07, 6.45) is -0.715. The van der Waals surface area contributed by atoms with Crippen molar-refractivity contribution in [3.63, 3.8) is 0 Å². The summed E-state index contributed by atoms with van der Waals surface area (Å²) in [5.74, 6) is -0.405. The van der Waals surface area contributed by atoms with Gasteiger partial charge in [0.05, 0.1) is 18.8 Å². The van der Waals surface area contributed by atoms with E-state index in [0.29, 0.717) is 46.7 Å². The first kappa shape index (κ1) is 13.8. The fourth-order valence-corrected chi connectivity index (χ4v) is 2.25. The van der Waals surface area contributed by atoms with Gasteiger partial charge in [-0.15, -0.1) is 0 Å². The van der Waals surface area contributed by atoms with Gasteiger partial charge in [0.1, 0.15) is 5.82 Å². The van der Waals surface area contributed by atoms with Crippen molar-refractivity contribution in [1.82, 2.24) is 0 Å². The minimum absolute atomic E-state index is 0.326. The number of hydrogen-bond donors (Lipinski definition) is 1. The monoisotopic (exact) mass is 263 g/mol. The second kappa shape index (κ2) is 5.15. The van der Waals surface area contributed by atoms with Crippen LogP contribution in [0.25, 0.3) is 11.1 Å². The molecule has 102 valence electrons. The van der Waals surface area contributed by atoms with Gasteiger partial charge in [0.2, 0.25) is 0 Å². The van der Waals surface area contributed by atoms with Crippen LogP contribution in [-0.4, -0.2) is 13.2 Å². The van der Waals surface area contributed by atoms with Gasteiger partial charge in [0.15, 0.2) is 6.29 Å². The molecule has 4 heteroatoms. The lowest BCUT2D eigenvalue weighted by atomic mass is 9.93. The molecule has 0 saturated carbocycles. The lowest BCUT2D eigenvalue weighted by Crippen LogP contribution is -2.10. The summed E-state index contributed by atoms with van der Waals surface area (Å²) in [7, 11) is 0. The molecule has 19 heavy (non-hydrogen) atoms. The van der Waals surface area contributed by atoms with Gasteiger partial charge in [-0.2, -0.15) is 0 Å². The maximum absolute atomic E-state index is 14.4. The predicted octanol–water partition coefficient (Wildman–Crippen LogP) is 3.52. The Bertz CT molecular complexity index is 546. The van der Waals surface area contributed by atoms with Crippen LogP contribution in [0.4, 0.5) is 10.1 Å². The van der Waals surface area contributed by atoms with Crippen molar-refractivity contribution < 1.29 is 13.9 Å². The van der Waals surface area contributed by atoms with Gasteiger partial charge in [0, 0.05) is 16.8 Å². The van der Waals surface area contributed by atoms with Gasteiger partial charge in [-0.3, -0.25) is 0 Å². The Balaban J connectivity index is 2.68. The first-order valence-corrected chi connectivity index (χ1v) is 6.10. The van der Waals surface area contributed by atoms with Gasteiger partial charge in [-0.25, -0.2) is 4.39 Å². The van der Waals surface area contributed by atoms with Gasteiger partial charge in [-0.05, 0) is 31.1 Å². The molecule has 1 aromatic rings. The molecule has 3 nitrogen and oxygen atoms in total. The van der Waals surface area contributed by atoms with Crippen molar-refractivity contribution in [2.75, 3.05) is 18.9 Å². The van der Waals surface area contributed by atoms with E-state index in [1.54, 1.807) is 13.8 Å². The Kier molecular flexibility index (Phi) is 3.73. The second-order valence-corrected chi connectivity index (χ2v) is 4.74. The molecule has 1 fully saturated rings. The summed E-state index contributed by atoms with van der Waals surface area (Å²) in [5.41, 5.74) is 9.45. The van der Waals surface area contributed by atoms with Gasteiger partial charge < -0.3 is 15.2 Å². The molecule has 1 saturated heterocycles. The molecule has 1 aromatic carbocycles. The molecule has 2 N–H and O–H groups in total. The van der Waals surface area contributed by atoms with E-state index in [1.807, 2.05) is 0 Å². The fourth-order valence-electron chi connectivity index (χ4n) is 2.25. The van der Waals surface area contributed by atoms with Crippen molar-refractivity contribution in [3.8, 4) is 0 Å². The summed E-state index contributed by atoms with van der Waals surface area (Å²) in [4.78, 5) is 0. The average molecular weight is 263 g/mol. The zero-order valence-corrected chi connectivity index (χ0v) is 11.3. The third-order valence-corrected chi connectivity index (χ3v) is 3.10. The van der Waals surface area contributed by atoms with Crippen LogP contribution in [0, 0.1) is 5.82 Å². The molecule has 0 amide bonds. The minimum Gasteiger partial charge on any atom is -0.398 e. The smallest absolute Gasteiger partial charge is 0.187 e. The number of allylic oxidation sites excluding steroid dienone is 2. The van der Waals surface area contributed by atoms with Crippen molar-refractivity contribution in [2.24, 2.45) is 0 Å². The number of halogens is 1. The molecule has 1 aliphatic heterocycles. The summed E-state index contributed by atoms with van der Waals surface area (Å²) < 4.78 is 25.1. The highest BCUT2D eigenvalue weighted by atomic mass is 19.1. The lowest BCUT2D eigenvalue weighted by Gasteiger charge is -2.20. The van der Waals surface area contributed by atoms with Crippen LogP contribution < -0.4 is 5.73 Å². The Morgan fingerprint density at radius 1 is 1.26 bits per heavy atom. The molecule has 0 aromatic heterocycles. The molecule has 1 aliphatic rings. The fraction of sp³-hybridized carbons (Fsp3) is 0.333. The maximum atomic E-state index is 14.4. The zero-order valence-electron chi connectivity index (χ0n) is 11.3. The molecular formula is C15H18FNO2. The summed E-state index contributed by atoms with van der Waals surface area (Å²) in [5, 5.41) is 0. The van der Waals surface area contributed by atoms with Crippen LogP contribution in [0.2, 0.25) is 0 Å². The highest BCUT2D eigenvalue weighted by molar-refractivity contribution is 5.84. The van der Waals surface area contributed by atoms with Crippen LogP contribution >= 0.6 is 0 Å². The topological polar surface area (TPSA) is 44.5 Å². The van der Waals surface area contributed by atoms with Crippen LogP contribution in [0.1, 0.15) is 36.8 Å². The zero-order chi connectivity index (χ0) is 14.2. The second-order valence-electron chi connectivity index (χ2n) is 4.74.